The molecule has 66 valence electrons. The van der Waals surface area contributed by atoms with Crippen molar-refractivity contribution in [2.75, 3.05) is 0 Å². The summed E-state index contributed by atoms with van der Waals surface area (Å²) in [5.74, 6) is 0.837. The second-order valence-corrected chi connectivity index (χ2v) is 3.64. The first-order valence-corrected chi connectivity index (χ1v) is 4.52. The lowest BCUT2D eigenvalue weighted by Crippen LogP contribution is -2.04. The fourth-order valence-electron chi connectivity index (χ4n) is 1.43. The van der Waals surface area contributed by atoms with Crippen molar-refractivity contribution in [3.05, 3.63) is 23.3 Å². The molecule has 0 aromatic rings. The molecule has 0 saturated carbocycles. The molecule has 12 heavy (non-hydrogen) atoms. The molecule has 1 nitrogen and oxygen atoms in total. The first-order chi connectivity index (χ1) is 5.61. The highest BCUT2D eigenvalue weighted by atomic mass is 16.1. The summed E-state index contributed by atoms with van der Waals surface area (Å²) in [4.78, 5) is 11.0. The largest absolute Gasteiger partial charge is 0.295 e. The van der Waals surface area contributed by atoms with E-state index in [1.165, 1.54) is 5.57 Å². The van der Waals surface area contributed by atoms with Crippen LogP contribution in [0.4, 0.5) is 0 Å². The molecular weight excluding hydrogens is 148 g/mol. The highest BCUT2D eigenvalue weighted by molar-refractivity contribution is 5.93. The van der Waals surface area contributed by atoms with E-state index in [4.69, 9.17) is 0 Å². The number of allylic oxidation sites excluding steroid dienone is 4. The van der Waals surface area contributed by atoms with Gasteiger partial charge >= 0.3 is 0 Å². The van der Waals surface area contributed by atoms with Crippen LogP contribution in [0.25, 0.3) is 0 Å². The second-order valence-electron chi connectivity index (χ2n) is 3.64. The lowest BCUT2D eigenvalue weighted by Gasteiger charge is -2.15. The van der Waals surface area contributed by atoms with Crippen LogP contribution in [0.1, 0.15) is 33.6 Å². The number of hydrogen-bond acceptors (Lipinski definition) is 1. The summed E-state index contributed by atoms with van der Waals surface area (Å²) in [5.41, 5.74) is 2.43. The van der Waals surface area contributed by atoms with Gasteiger partial charge in [-0.25, -0.2) is 0 Å². The average molecular weight is 164 g/mol. The van der Waals surface area contributed by atoms with Crippen LogP contribution in [0.3, 0.4) is 0 Å². The van der Waals surface area contributed by atoms with Crippen LogP contribution >= 0.6 is 0 Å². The van der Waals surface area contributed by atoms with E-state index in [2.05, 4.69) is 19.9 Å². The van der Waals surface area contributed by atoms with Crippen LogP contribution < -0.4 is 0 Å². The molecule has 0 spiro atoms. The molecule has 0 bridgehead atoms. The Morgan fingerprint density at radius 3 is 2.33 bits per heavy atom. The Morgan fingerprint density at radius 2 is 2.00 bits per heavy atom. The number of carbonyl (C=O) groups is 1. The molecule has 0 N–H and O–H groups in total. The minimum atomic E-state index is 0.217. The van der Waals surface area contributed by atoms with E-state index < -0.39 is 0 Å². The molecule has 0 heterocycles. The highest BCUT2D eigenvalue weighted by Crippen LogP contribution is 2.23. The van der Waals surface area contributed by atoms with Crippen LogP contribution in [-0.2, 0) is 4.79 Å². The van der Waals surface area contributed by atoms with Gasteiger partial charge in [0.05, 0.1) is 0 Å². The fourth-order valence-corrected chi connectivity index (χ4v) is 1.43. The quantitative estimate of drug-likeness (QED) is 0.613. The van der Waals surface area contributed by atoms with Crippen molar-refractivity contribution in [2.24, 2.45) is 5.92 Å². The van der Waals surface area contributed by atoms with Crippen molar-refractivity contribution in [1.29, 1.82) is 0 Å². The summed E-state index contributed by atoms with van der Waals surface area (Å²) >= 11 is 0. The van der Waals surface area contributed by atoms with Crippen LogP contribution in [0.2, 0.25) is 0 Å². The number of rotatable bonds is 2. The van der Waals surface area contributed by atoms with Gasteiger partial charge in [-0.05, 0) is 31.3 Å². The first-order valence-electron chi connectivity index (χ1n) is 4.52. The second kappa shape index (κ2) is 3.70. The molecular formula is C11H16O. The molecule has 0 aromatic heterocycles. The Balaban J connectivity index is 2.73. The maximum absolute atomic E-state index is 11.0. The van der Waals surface area contributed by atoms with Gasteiger partial charge in [0.25, 0.3) is 0 Å². The van der Waals surface area contributed by atoms with Gasteiger partial charge in [0.1, 0.15) is 0 Å². The van der Waals surface area contributed by atoms with E-state index in [1.807, 2.05) is 6.08 Å². The number of ketones is 1. The highest BCUT2D eigenvalue weighted by Gasteiger charge is 2.11. The van der Waals surface area contributed by atoms with Gasteiger partial charge in [-0.2, -0.15) is 0 Å². The third-order valence-electron chi connectivity index (χ3n) is 2.38. The normalized spacial score (nSPS) is 17.3. The predicted octanol–water partition coefficient (Wildman–Crippen LogP) is 2.88. The Bertz CT molecular complexity index is 244. The molecule has 0 unspecified atom stereocenters. The lowest BCUT2D eigenvalue weighted by atomic mass is 9.90. The fraction of sp³-hybridized carbons (Fsp3) is 0.545. The van der Waals surface area contributed by atoms with Crippen molar-refractivity contribution in [1.82, 2.24) is 0 Å². The number of hydrogen-bond donors (Lipinski definition) is 0. The minimum absolute atomic E-state index is 0.217. The molecule has 1 heteroatoms. The van der Waals surface area contributed by atoms with E-state index in [9.17, 15) is 4.79 Å². The Hall–Kier alpha value is -0.850. The van der Waals surface area contributed by atoms with Crippen molar-refractivity contribution in [3.63, 3.8) is 0 Å². The van der Waals surface area contributed by atoms with E-state index in [-0.39, 0.29) is 5.78 Å². The van der Waals surface area contributed by atoms with Crippen LogP contribution in [-0.4, -0.2) is 5.78 Å². The maximum Gasteiger partial charge on any atom is 0.155 e. The Morgan fingerprint density at radius 1 is 1.33 bits per heavy atom. The predicted molar refractivity (Wildman–Crippen MR) is 50.9 cm³/mol. The molecule has 0 aliphatic heterocycles. The molecule has 0 aromatic carbocycles. The summed E-state index contributed by atoms with van der Waals surface area (Å²) in [6, 6.07) is 0. The van der Waals surface area contributed by atoms with Crippen LogP contribution in [0, 0.1) is 5.92 Å². The van der Waals surface area contributed by atoms with Crippen LogP contribution in [0.5, 0.6) is 0 Å². The average Bonchev–Trinajstić information content (AvgIpc) is 2.04. The molecule has 0 radical (unpaired) electrons. The molecule has 0 amide bonds. The summed E-state index contributed by atoms with van der Waals surface area (Å²) in [6.45, 7) is 6.02. The zero-order valence-electron chi connectivity index (χ0n) is 8.05. The summed E-state index contributed by atoms with van der Waals surface area (Å²) < 4.78 is 0. The number of Topliss-reactive ketones (excluding diaryl/α,β-unsaturated/α-hetero) is 1. The third kappa shape index (κ3) is 2.07. The molecule has 1 aliphatic rings. The molecule has 1 aliphatic carbocycles. The Kier molecular flexibility index (Phi) is 2.85. The van der Waals surface area contributed by atoms with Gasteiger partial charge in [-0.15, -0.1) is 0 Å². The standard InChI is InChI=1S/C11H16O/c1-8(2)10-4-6-11(7-5-10)9(3)12/h4,6,8H,5,7H2,1-3H3. The molecule has 0 fully saturated rings. The van der Waals surface area contributed by atoms with Gasteiger partial charge in [-0.1, -0.05) is 31.6 Å². The van der Waals surface area contributed by atoms with E-state index in [1.54, 1.807) is 6.92 Å². The van der Waals surface area contributed by atoms with Crippen molar-refractivity contribution in [2.45, 2.75) is 33.6 Å². The van der Waals surface area contributed by atoms with Crippen molar-refractivity contribution in [3.8, 4) is 0 Å². The summed E-state index contributed by atoms with van der Waals surface area (Å²) in [7, 11) is 0. The zero-order valence-corrected chi connectivity index (χ0v) is 8.05. The van der Waals surface area contributed by atoms with Gasteiger partial charge in [0.15, 0.2) is 5.78 Å². The monoisotopic (exact) mass is 164 g/mol. The van der Waals surface area contributed by atoms with E-state index in [0.717, 1.165) is 18.4 Å². The van der Waals surface area contributed by atoms with Gasteiger partial charge < -0.3 is 0 Å². The maximum atomic E-state index is 11.0. The summed E-state index contributed by atoms with van der Waals surface area (Å²) in [5, 5.41) is 0. The zero-order chi connectivity index (χ0) is 9.14. The van der Waals surface area contributed by atoms with E-state index in [0.29, 0.717) is 5.92 Å². The van der Waals surface area contributed by atoms with Gasteiger partial charge in [0.2, 0.25) is 0 Å². The van der Waals surface area contributed by atoms with Gasteiger partial charge in [-0.3, -0.25) is 4.79 Å². The molecule has 0 saturated heterocycles. The smallest absolute Gasteiger partial charge is 0.155 e. The lowest BCUT2D eigenvalue weighted by molar-refractivity contribution is -0.113. The van der Waals surface area contributed by atoms with Crippen LogP contribution in [0.15, 0.2) is 23.3 Å². The number of carbonyl (C=O) groups excluding carboxylic acids is 1. The Labute approximate surface area is 74.2 Å². The molecule has 0 atom stereocenters. The first kappa shape index (κ1) is 9.24. The minimum Gasteiger partial charge on any atom is -0.295 e. The topological polar surface area (TPSA) is 17.1 Å². The van der Waals surface area contributed by atoms with E-state index >= 15 is 0 Å². The molecule has 1 rings (SSSR count). The summed E-state index contributed by atoms with van der Waals surface area (Å²) in [6.07, 6.45) is 6.06. The SMILES string of the molecule is CC(=O)C1=CC=C(C(C)C)CC1. The third-order valence-corrected chi connectivity index (χ3v) is 2.38. The van der Waals surface area contributed by atoms with Crippen molar-refractivity contribution < 1.29 is 4.79 Å². The van der Waals surface area contributed by atoms with Crippen molar-refractivity contribution >= 4 is 5.78 Å². The van der Waals surface area contributed by atoms with Gasteiger partial charge in [0, 0.05) is 0 Å².